The molecule has 8 heteroatoms. The van der Waals surface area contributed by atoms with Gasteiger partial charge in [-0.1, -0.05) is 6.07 Å². The quantitative estimate of drug-likeness (QED) is 0.436. The van der Waals surface area contributed by atoms with Crippen molar-refractivity contribution in [2.75, 3.05) is 13.7 Å². The Bertz CT molecular complexity index is 1340. The van der Waals surface area contributed by atoms with Crippen molar-refractivity contribution in [1.82, 2.24) is 34.6 Å². The zero-order valence-corrected chi connectivity index (χ0v) is 16.9. The molecular formula is C22H21N7O. The van der Waals surface area contributed by atoms with Crippen LogP contribution >= 0.6 is 0 Å². The van der Waals surface area contributed by atoms with E-state index in [9.17, 15) is 0 Å². The maximum absolute atomic E-state index is 5.12. The van der Waals surface area contributed by atoms with E-state index in [0.717, 1.165) is 51.3 Å². The highest BCUT2D eigenvalue weighted by Crippen LogP contribution is 2.24. The van der Waals surface area contributed by atoms with Crippen molar-refractivity contribution in [3.05, 3.63) is 72.1 Å². The maximum atomic E-state index is 5.12. The number of aromatic nitrogens is 7. The van der Waals surface area contributed by atoms with Gasteiger partial charge in [-0.25, -0.2) is 0 Å². The van der Waals surface area contributed by atoms with Crippen LogP contribution in [0.3, 0.4) is 0 Å². The van der Waals surface area contributed by atoms with Crippen LogP contribution in [0.2, 0.25) is 0 Å². The normalized spacial score (nSPS) is 11.5. The zero-order valence-electron chi connectivity index (χ0n) is 16.9. The van der Waals surface area contributed by atoms with Gasteiger partial charge in [0.1, 0.15) is 0 Å². The predicted molar refractivity (Wildman–Crippen MR) is 113 cm³/mol. The molecule has 0 aliphatic carbocycles. The molecule has 5 aromatic rings. The molecule has 0 saturated heterocycles. The van der Waals surface area contributed by atoms with Crippen molar-refractivity contribution in [3.63, 3.8) is 0 Å². The largest absolute Gasteiger partial charge is 0.383 e. The fraction of sp³-hybridized carbons (Fsp3) is 0.227. The van der Waals surface area contributed by atoms with Gasteiger partial charge in [0, 0.05) is 42.4 Å². The third-order valence-electron chi connectivity index (χ3n) is 5.06. The summed E-state index contributed by atoms with van der Waals surface area (Å²) in [5.74, 6) is 0.816. The van der Waals surface area contributed by atoms with E-state index in [2.05, 4.69) is 43.6 Å². The third kappa shape index (κ3) is 3.53. The molecule has 0 aliphatic rings. The summed E-state index contributed by atoms with van der Waals surface area (Å²) in [5, 5.41) is 18.5. The van der Waals surface area contributed by atoms with Crippen LogP contribution in [-0.2, 0) is 17.7 Å². The Morgan fingerprint density at radius 1 is 1.00 bits per heavy atom. The molecular weight excluding hydrogens is 378 g/mol. The van der Waals surface area contributed by atoms with Crippen LogP contribution in [0.1, 0.15) is 17.1 Å². The van der Waals surface area contributed by atoms with Crippen molar-refractivity contribution in [3.8, 4) is 11.1 Å². The fourth-order valence-corrected chi connectivity index (χ4v) is 3.49. The van der Waals surface area contributed by atoms with Crippen LogP contribution in [-0.4, -0.2) is 48.3 Å². The summed E-state index contributed by atoms with van der Waals surface area (Å²) >= 11 is 0. The molecule has 0 spiro atoms. The van der Waals surface area contributed by atoms with Crippen LogP contribution in [0, 0.1) is 6.92 Å². The van der Waals surface area contributed by atoms with E-state index in [0.29, 0.717) is 13.0 Å². The summed E-state index contributed by atoms with van der Waals surface area (Å²) in [6.07, 6.45) is 6.41. The Kier molecular flexibility index (Phi) is 4.68. The topological polar surface area (TPSA) is 83.0 Å². The molecule has 30 heavy (non-hydrogen) atoms. The molecule has 0 fully saturated rings. The lowest BCUT2D eigenvalue weighted by atomic mass is 10.0. The summed E-state index contributed by atoms with van der Waals surface area (Å²) in [6.45, 7) is 3.32. The molecule has 0 N–H and O–H groups in total. The van der Waals surface area contributed by atoms with Crippen LogP contribution in [0.15, 0.2) is 55.0 Å². The van der Waals surface area contributed by atoms with E-state index in [4.69, 9.17) is 4.74 Å². The minimum absolute atomic E-state index is 0.631. The number of benzene rings is 1. The molecule has 0 radical (unpaired) electrons. The Balaban J connectivity index is 1.45. The monoisotopic (exact) mass is 399 g/mol. The van der Waals surface area contributed by atoms with Crippen LogP contribution < -0.4 is 0 Å². The Morgan fingerprint density at radius 2 is 1.93 bits per heavy atom. The lowest BCUT2D eigenvalue weighted by Gasteiger charge is -2.05. The highest BCUT2D eigenvalue weighted by Gasteiger charge is 2.10. The van der Waals surface area contributed by atoms with Gasteiger partial charge in [-0.05, 0) is 42.8 Å². The Hall–Kier alpha value is -3.65. The van der Waals surface area contributed by atoms with Gasteiger partial charge in [0.25, 0.3) is 0 Å². The molecule has 150 valence electrons. The average Bonchev–Trinajstić information content (AvgIpc) is 3.39. The van der Waals surface area contributed by atoms with Gasteiger partial charge >= 0.3 is 0 Å². The molecule has 4 heterocycles. The lowest BCUT2D eigenvalue weighted by molar-refractivity contribution is 0.183. The molecule has 0 bridgehead atoms. The molecule has 0 unspecified atom stereocenters. The first-order valence-electron chi connectivity index (χ1n) is 9.78. The van der Waals surface area contributed by atoms with Crippen molar-refractivity contribution in [2.45, 2.75) is 19.9 Å². The van der Waals surface area contributed by atoms with Crippen LogP contribution in [0.5, 0.6) is 0 Å². The van der Waals surface area contributed by atoms with Gasteiger partial charge in [-0.2, -0.15) is 14.7 Å². The summed E-state index contributed by atoms with van der Waals surface area (Å²) < 4.78 is 8.81. The minimum atomic E-state index is 0.631. The van der Waals surface area contributed by atoms with E-state index in [-0.39, 0.29) is 0 Å². The van der Waals surface area contributed by atoms with Gasteiger partial charge < -0.3 is 4.74 Å². The van der Waals surface area contributed by atoms with Crippen molar-refractivity contribution in [1.29, 1.82) is 0 Å². The molecule has 5 rings (SSSR count). The van der Waals surface area contributed by atoms with Crippen molar-refractivity contribution in [2.24, 2.45) is 0 Å². The number of pyridine rings is 1. The number of rotatable bonds is 6. The van der Waals surface area contributed by atoms with E-state index in [1.54, 1.807) is 7.11 Å². The van der Waals surface area contributed by atoms with Crippen LogP contribution in [0.4, 0.5) is 0 Å². The highest BCUT2D eigenvalue weighted by atomic mass is 16.5. The number of hydrogen-bond donors (Lipinski definition) is 0. The highest BCUT2D eigenvalue weighted by molar-refractivity contribution is 5.84. The first kappa shape index (κ1) is 18.4. The smallest absolute Gasteiger partial charge is 0.177 e. The number of ether oxygens (including phenoxy) is 1. The second-order valence-electron chi connectivity index (χ2n) is 7.27. The fourth-order valence-electron chi connectivity index (χ4n) is 3.49. The van der Waals surface area contributed by atoms with E-state index < -0.39 is 0 Å². The zero-order chi connectivity index (χ0) is 20.5. The Morgan fingerprint density at radius 3 is 2.83 bits per heavy atom. The molecule has 0 aliphatic heterocycles. The third-order valence-corrected chi connectivity index (χ3v) is 5.06. The van der Waals surface area contributed by atoms with Crippen molar-refractivity contribution >= 4 is 16.6 Å². The number of aryl methyl sites for hydroxylation is 1. The molecule has 8 nitrogen and oxygen atoms in total. The SMILES string of the molecule is COCCn1cc(-c2cnc3ccc(Cc4nnc5ccc(C)nn45)cc3c2)cn1. The molecule has 1 aromatic carbocycles. The summed E-state index contributed by atoms with van der Waals surface area (Å²) in [6, 6.07) is 12.3. The summed E-state index contributed by atoms with van der Waals surface area (Å²) in [5.41, 5.74) is 5.85. The van der Waals surface area contributed by atoms with Crippen molar-refractivity contribution < 1.29 is 4.74 Å². The molecule has 0 atom stereocenters. The molecule has 0 amide bonds. The number of fused-ring (bicyclic) bond motifs is 2. The second-order valence-corrected chi connectivity index (χ2v) is 7.27. The summed E-state index contributed by atoms with van der Waals surface area (Å²) in [4.78, 5) is 4.62. The number of hydrogen-bond acceptors (Lipinski definition) is 6. The van der Waals surface area contributed by atoms with Gasteiger partial charge in [0.15, 0.2) is 11.5 Å². The standard InChI is InChI=1S/C22H21N7O/c1-15-3-6-21-25-26-22(29(21)27-15)10-16-4-5-20-17(9-16)11-18(12-23-20)19-13-24-28(14-19)7-8-30-2/h3-6,9,11-14H,7-8,10H2,1-2H3. The molecule has 4 aromatic heterocycles. The van der Waals surface area contributed by atoms with E-state index >= 15 is 0 Å². The van der Waals surface area contributed by atoms with E-state index in [1.807, 2.05) is 52.9 Å². The first-order valence-corrected chi connectivity index (χ1v) is 9.78. The average molecular weight is 399 g/mol. The maximum Gasteiger partial charge on any atom is 0.177 e. The van der Waals surface area contributed by atoms with Gasteiger partial charge in [-0.15, -0.1) is 10.2 Å². The minimum Gasteiger partial charge on any atom is -0.383 e. The predicted octanol–water partition coefficient (Wildman–Crippen LogP) is 3.08. The summed E-state index contributed by atoms with van der Waals surface area (Å²) in [7, 11) is 1.69. The van der Waals surface area contributed by atoms with E-state index in [1.165, 1.54) is 0 Å². The van der Waals surface area contributed by atoms with Gasteiger partial charge in [0.2, 0.25) is 0 Å². The van der Waals surface area contributed by atoms with Crippen LogP contribution in [0.25, 0.3) is 27.7 Å². The van der Waals surface area contributed by atoms with Gasteiger partial charge in [0.05, 0.1) is 30.6 Å². The second kappa shape index (κ2) is 7.64. The lowest BCUT2D eigenvalue weighted by Crippen LogP contribution is -2.03. The number of methoxy groups -OCH3 is 1. The molecule has 0 saturated carbocycles. The number of nitrogens with zero attached hydrogens (tertiary/aromatic N) is 7. The Labute approximate surface area is 173 Å². The van der Waals surface area contributed by atoms with Gasteiger partial charge in [-0.3, -0.25) is 9.67 Å². The first-order chi connectivity index (χ1) is 14.7.